The van der Waals surface area contributed by atoms with Gasteiger partial charge in [0.2, 0.25) is 0 Å². The van der Waals surface area contributed by atoms with E-state index in [0.29, 0.717) is 5.76 Å². The maximum absolute atomic E-state index is 13.2. The largest absolute Gasteiger partial charge is 0.488 e. The van der Waals surface area contributed by atoms with Gasteiger partial charge in [0.25, 0.3) is 0 Å². The molecule has 6 heteroatoms. The molecule has 0 aliphatic rings. The van der Waals surface area contributed by atoms with E-state index >= 15 is 0 Å². The van der Waals surface area contributed by atoms with Crippen LogP contribution in [0.3, 0.4) is 0 Å². The number of hydrogen-bond donors (Lipinski definition) is 1. The first kappa shape index (κ1) is 14.5. The zero-order valence-electron chi connectivity index (χ0n) is 10.6. The van der Waals surface area contributed by atoms with E-state index in [-0.39, 0.29) is 25.6 Å². The Balaban J connectivity index is 1.70. The standard InChI is InChI=1S/C14H14F2O4/c15-10-3-4-14(13(16)6-10)20-8-11(17)7-18-9-12-2-1-5-19-12/h1-6,11,17H,7-9H2/t11-/m0/s1. The molecule has 1 N–H and O–H groups in total. The van der Waals surface area contributed by atoms with Gasteiger partial charge < -0.3 is 19.0 Å². The molecule has 1 atom stereocenters. The molecule has 1 heterocycles. The highest BCUT2D eigenvalue weighted by Gasteiger charge is 2.09. The van der Waals surface area contributed by atoms with Gasteiger partial charge in [0.1, 0.15) is 30.9 Å². The summed E-state index contributed by atoms with van der Waals surface area (Å²) < 4.78 is 41.2. The normalized spacial score (nSPS) is 12.3. The Morgan fingerprint density at radius 1 is 1.20 bits per heavy atom. The van der Waals surface area contributed by atoms with E-state index in [9.17, 15) is 13.9 Å². The van der Waals surface area contributed by atoms with Crippen molar-refractivity contribution in [3.8, 4) is 5.75 Å². The molecule has 1 aromatic carbocycles. The van der Waals surface area contributed by atoms with Crippen molar-refractivity contribution in [2.24, 2.45) is 0 Å². The van der Waals surface area contributed by atoms with Crippen molar-refractivity contribution >= 4 is 0 Å². The smallest absolute Gasteiger partial charge is 0.167 e. The summed E-state index contributed by atoms with van der Waals surface area (Å²) in [6, 6.07) is 6.45. The third-order valence-electron chi connectivity index (χ3n) is 2.46. The molecular formula is C14H14F2O4. The number of aliphatic hydroxyl groups is 1. The van der Waals surface area contributed by atoms with Crippen LogP contribution in [0.5, 0.6) is 5.75 Å². The molecule has 0 saturated heterocycles. The number of hydrogen-bond acceptors (Lipinski definition) is 4. The van der Waals surface area contributed by atoms with Gasteiger partial charge in [-0.1, -0.05) is 0 Å². The lowest BCUT2D eigenvalue weighted by molar-refractivity contribution is 0.000273. The second-order valence-corrected chi connectivity index (χ2v) is 4.13. The van der Waals surface area contributed by atoms with Gasteiger partial charge in [0, 0.05) is 6.07 Å². The number of furan rings is 1. The van der Waals surface area contributed by atoms with E-state index in [1.807, 2.05) is 0 Å². The summed E-state index contributed by atoms with van der Waals surface area (Å²) >= 11 is 0. The predicted octanol–water partition coefficient (Wildman–Crippen LogP) is 2.51. The number of rotatable bonds is 7. The average molecular weight is 284 g/mol. The Morgan fingerprint density at radius 2 is 2.05 bits per heavy atom. The van der Waals surface area contributed by atoms with Crippen molar-refractivity contribution in [1.82, 2.24) is 0 Å². The highest BCUT2D eigenvalue weighted by Crippen LogP contribution is 2.17. The van der Waals surface area contributed by atoms with Gasteiger partial charge in [-0.2, -0.15) is 0 Å². The van der Waals surface area contributed by atoms with Crippen molar-refractivity contribution < 1.29 is 27.8 Å². The molecule has 1 aromatic heterocycles. The van der Waals surface area contributed by atoms with E-state index in [1.54, 1.807) is 12.1 Å². The minimum Gasteiger partial charge on any atom is -0.488 e. The van der Waals surface area contributed by atoms with Crippen LogP contribution in [-0.2, 0) is 11.3 Å². The fourth-order valence-electron chi connectivity index (χ4n) is 1.52. The monoisotopic (exact) mass is 284 g/mol. The number of halogens is 2. The third kappa shape index (κ3) is 4.32. The molecule has 0 bridgehead atoms. The van der Waals surface area contributed by atoms with Gasteiger partial charge in [0.15, 0.2) is 11.6 Å². The molecule has 0 fully saturated rings. The van der Waals surface area contributed by atoms with E-state index in [2.05, 4.69) is 0 Å². The summed E-state index contributed by atoms with van der Waals surface area (Å²) in [5, 5.41) is 9.61. The van der Waals surface area contributed by atoms with Crippen LogP contribution in [0.2, 0.25) is 0 Å². The number of ether oxygens (including phenoxy) is 2. The van der Waals surface area contributed by atoms with Crippen LogP contribution >= 0.6 is 0 Å². The topological polar surface area (TPSA) is 51.8 Å². The van der Waals surface area contributed by atoms with Gasteiger partial charge in [-0.25, -0.2) is 8.78 Å². The summed E-state index contributed by atoms with van der Waals surface area (Å²) in [7, 11) is 0. The maximum Gasteiger partial charge on any atom is 0.167 e. The van der Waals surface area contributed by atoms with Crippen LogP contribution in [0.4, 0.5) is 8.78 Å². The van der Waals surface area contributed by atoms with Crippen molar-refractivity contribution in [2.45, 2.75) is 12.7 Å². The zero-order valence-corrected chi connectivity index (χ0v) is 10.6. The Hall–Kier alpha value is -1.92. The number of aliphatic hydroxyl groups excluding tert-OH is 1. The second-order valence-electron chi connectivity index (χ2n) is 4.13. The average Bonchev–Trinajstić information content (AvgIpc) is 2.91. The van der Waals surface area contributed by atoms with Crippen LogP contribution < -0.4 is 4.74 Å². The SMILES string of the molecule is O[C@@H](COCc1ccco1)COc1ccc(F)cc1F. The molecule has 2 rings (SSSR count). The van der Waals surface area contributed by atoms with Crippen LogP contribution in [0.1, 0.15) is 5.76 Å². The van der Waals surface area contributed by atoms with Crippen molar-refractivity contribution in [1.29, 1.82) is 0 Å². The summed E-state index contributed by atoms with van der Waals surface area (Å²) in [5.74, 6) is -0.968. The maximum atomic E-state index is 13.2. The molecule has 0 saturated carbocycles. The van der Waals surface area contributed by atoms with Crippen molar-refractivity contribution in [3.63, 3.8) is 0 Å². The fourth-order valence-corrected chi connectivity index (χ4v) is 1.52. The molecule has 0 aliphatic carbocycles. The summed E-state index contributed by atoms with van der Waals surface area (Å²) in [6.45, 7) is 0.0964. The predicted molar refractivity (Wildman–Crippen MR) is 66.2 cm³/mol. The van der Waals surface area contributed by atoms with Crippen molar-refractivity contribution in [3.05, 3.63) is 54.0 Å². The van der Waals surface area contributed by atoms with Gasteiger partial charge in [-0.05, 0) is 24.3 Å². The highest BCUT2D eigenvalue weighted by molar-refractivity contribution is 5.24. The third-order valence-corrected chi connectivity index (χ3v) is 2.46. The molecule has 4 nitrogen and oxygen atoms in total. The lowest BCUT2D eigenvalue weighted by Gasteiger charge is -2.12. The molecule has 0 radical (unpaired) electrons. The molecule has 20 heavy (non-hydrogen) atoms. The van der Waals surface area contributed by atoms with Crippen LogP contribution in [-0.4, -0.2) is 24.4 Å². The zero-order chi connectivity index (χ0) is 14.4. The molecule has 0 spiro atoms. The molecular weight excluding hydrogens is 270 g/mol. The van der Waals surface area contributed by atoms with Gasteiger partial charge in [-0.3, -0.25) is 0 Å². The van der Waals surface area contributed by atoms with Crippen LogP contribution in [0.25, 0.3) is 0 Å². The first-order valence-corrected chi connectivity index (χ1v) is 6.01. The Kier molecular flexibility index (Phi) is 5.09. The summed E-state index contributed by atoms with van der Waals surface area (Å²) in [4.78, 5) is 0. The van der Waals surface area contributed by atoms with Gasteiger partial charge >= 0.3 is 0 Å². The summed E-state index contributed by atoms with van der Waals surface area (Å²) in [6.07, 6.45) is 0.602. The highest BCUT2D eigenvalue weighted by atomic mass is 19.1. The first-order valence-electron chi connectivity index (χ1n) is 6.01. The minimum atomic E-state index is -0.922. The Morgan fingerprint density at radius 3 is 2.75 bits per heavy atom. The van der Waals surface area contributed by atoms with E-state index in [1.165, 1.54) is 12.3 Å². The molecule has 0 unspecified atom stereocenters. The van der Waals surface area contributed by atoms with Gasteiger partial charge in [-0.15, -0.1) is 0 Å². The first-order chi connectivity index (χ1) is 9.65. The van der Waals surface area contributed by atoms with Crippen molar-refractivity contribution in [2.75, 3.05) is 13.2 Å². The quantitative estimate of drug-likeness (QED) is 0.848. The molecule has 108 valence electrons. The number of benzene rings is 1. The van der Waals surface area contributed by atoms with Gasteiger partial charge in [0.05, 0.1) is 12.9 Å². The lowest BCUT2D eigenvalue weighted by atomic mass is 10.3. The van der Waals surface area contributed by atoms with Crippen LogP contribution in [0, 0.1) is 11.6 Å². The molecule has 2 aromatic rings. The minimum absolute atomic E-state index is 0.0174. The lowest BCUT2D eigenvalue weighted by Crippen LogP contribution is -2.23. The van der Waals surface area contributed by atoms with E-state index in [0.717, 1.165) is 12.1 Å². The Labute approximate surface area is 114 Å². The Bertz CT molecular complexity index is 528. The fraction of sp³-hybridized carbons (Fsp3) is 0.286. The van der Waals surface area contributed by atoms with E-state index in [4.69, 9.17) is 13.9 Å². The van der Waals surface area contributed by atoms with Crippen LogP contribution in [0.15, 0.2) is 41.0 Å². The molecule has 0 amide bonds. The summed E-state index contributed by atoms with van der Waals surface area (Å²) in [5.41, 5.74) is 0. The van der Waals surface area contributed by atoms with E-state index < -0.39 is 17.7 Å². The second kappa shape index (κ2) is 7.02. The molecule has 0 aliphatic heterocycles.